The van der Waals surface area contributed by atoms with Gasteiger partial charge in [-0.3, -0.25) is 9.20 Å². The molecule has 1 aliphatic carbocycles. The summed E-state index contributed by atoms with van der Waals surface area (Å²) < 4.78 is 68.2. The van der Waals surface area contributed by atoms with Crippen molar-refractivity contribution in [3.8, 4) is 17.3 Å². The van der Waals surface area contributed by atoms with Crippen molar-refractivity contribution in [2.24, 2.45) is 0 Å². The second-order valence-electron chi connectivity index (χ2n) is 10.4. The zero-order chi connectivity index (χ0) is 32.2. The molecule has 0 bridgehead atoms. The van der Waals surface area contributed by atoms with Crippen LogP contribution in [0.4, 0.5) is 19.0 Å². The predicted octanol–water partition coefficient (Wildman–Crippen LogP) is 2.94. The first-order chi connectivity index (χ1) is 20.7. The van der Waals surface area contributed by atoms with Gasteiger partial charge in [0.25, 0.3) is 5.91 Å². The molecule has 5 rings (SSSR count). The zero-order valence-electron chi connectivity index (χ0n) is 23.5. The molecule has 17 heteroatoms. The maximum Gasteiger partial charge on any atom is 0.490 e. The number of aryl methyl sites for hydroxylation is 1. The number of carbonyl (C=O) groups excluding carboxylic acids is 1. The van der Waals surface area contributed by atoms with Gasteiger partial charge >= 0.3 is 12.1 Å². The summed E-state index contributed by atoms with van der Waals surface area (Å²) in [5.74, 6) is -2.95. The highest BCUT2D eigenvalue weighted by atomic mass is 32.2. The summed E-state index contributed by atoms with van der Waals surface area (Å²) in [6, 6.07) is 6.74. The predicted molar refractivity (Wildman–Crippen MR) is 150 cm³/mol. The highest BCUT2D eigenvalue weighted by molar-refractivity contribution is 7.89. The molecule has 1 aliphatic heterocycles. The Morgan fingerprint density at radius 2 is 1.93 bits per heavy atom. The monoisotopic (exact) mass is 637 g/mol. The first kappa shape index (κ1) is 32.6. The molecule has 2 atom stereocenters. The van der Waals surface area contributed by atoms with Crippen molar-refractivity contribution < 1.29 is 41.0 Å². The van der Waals surface area contributed by atoms with Crippen molar-refractivity contribution in [3.05, 3.63) is 41.9 Å². The molecule has 3 aromatic rings. The average Bonchev–Trinajstić information content (AvgIpc) is 3.36. The standard InChI is InChI=1S/C25H29N7O4S.C2HF3O2/c1-15-5-8-19(37(34,35)31-17-6-7-18(9-10-26)36-14-17)11-20(15)22-12-28-24-23(27)30-21(13-32(22)24)25(33)29-16-3-2-4-16;3-2(4,5)1(6)7/h5,8,11-13,16-18,31H,2-4,6-7,9,14H2,1H3,(H2,27,30)(H,29,33);(H,6,7)/t17-,18+;/m0./s1. The highest BCUT2D eigenvalue weighted by Crippen LogP contribution is 2.29. The maximum atomic E-state index is 13.2. The Balaban J connectivity index is 0.000000566. The van der Waals surface area contributed by atoms with Gasteiger partial charge < -0.3 is 20.9 Å². The number of hydrogen-bond acceptors (Lipinski definition) is 9. The van der Waals surface area contributed by atoms with Gasteiger partial charge in [0.2, 0.25) is 10.0 Å². The number of carbonyl (C=O) groups is 2. The minimum Gasteiger partial charge on any atom is -0.475 e. The number of nitrogen functional groups attached to an aromatic ring is 1. The second-order valence-corrected chi connectivity index (χ2v) is 12.2. The van der Waals surface area contributed by atoms with Crippen LogP contribution in [0, 0.1) is 18.3 Å². The number of nitrogens with zero attached hydrogens (tertiary/aromatic N) is 4. The van der Waals surface area contributed by atoms with E-state index < -0.39 is 22.2 Å². The molecule has 44 heavy (non-hydrogen) atoms. The molecule has 3 heterocycles. The Hall–Kier alpha value is -4.27. The number of rotatable bonds is 7. The van der Waals surface area contributed by atoms with Gasteiger partial charge in [0.1, 0.15) is 5.69 Å². The molecule has 236 valence electrons. The fourth-order valence-corrected chi connectivity index (χ4v) is 5.91. The number of benzene rings is 1. The SMILES string of the molecule is Cc1ccc(S(=O)(=O)N[C@H]2CC[C@H](CC#N)OC2)cc1-c1cnc2c(N)nc(C(=O)NC3CCC3)cn12.O=C(O)C(F)(F)F. The molecule has 1 saturated heterocycles. The van der Waals surface area contributed by atoms with Crippen LogP contribution < -0.4 is 15.8 Å². The number of ether oxygens (including phenoxy) is 1. The highest BCUT2D eigenvalue weighted by Gasteiger charge is 2.38. The number of nitrogens with two attached hydrogens (primary N) is 1. The fourth-order valence-electron chi connectivity index (χ4n) is 4.63. The molecule has 5 N–H and O–H groups in total. The fraction of sp³-hybridized carbons (Fsp3) is 0.444. The van der Waals surface area contributed by atoms with E-state index in [0.29, 0.717) is 36.2 Å². The third kappa shape index (κ3) is 7.62. The van der Waals surface area contributed by atoms with E-state index in [1.165, 1.54) is 0 Å². The molecule has 2 aromatic heterocycles. The third-order valence-electron chi connectivity index (χ3n) is 7.24. The molecule has 0 unspecified atom stereocenters. The summed E-state index contributed by atoms with van der Waals surface area (Å²) in [5, 5.41) is 18.9. The number of imidazole rings is 1. The number of anilines is 1. The number of hydrogen-bond donors (Lipinski definition) is 4. The lowest BCUT2D eigenvalue weighted by atomic mass is 9.93. The van der Waals surface area contributed by atoms with Gasteiger partial charge in [-0.15, -0.1) is 0 Å². The molecule has 0 spiro atoms. The van der Waals surface area contributed by atoms with Crippen molar-refractivity contribution in [1.82, 2.24) is 24.4 Å². The Morgan fingerprint density at radius 3 is 2.50 bits per heavy atom. The van der Waals surface area contributed by atoms with Crippen LogP contribution in [0.15, 0.2) is 35.5 Å². The van der Waals surface area contributed by atoms with E-state index in [0.717, 1.165) is 24.8 Å². The van der Waals surface area contributed by atoms with E-state index in [2.05, 4.69) is 26.1 Å². The van der Waals surface area contributed by atoms with Gasteiger partial charge in [-0.1, -0.05) is 6.07 Å². The van der Waals surface area contributed by atoms with Crippen LogP contribution >= 0.6 is 0 Å². The van der Waals surface area contributed by atoms with E-state index in [4.69, 9.17) is 25.6 Å². The summed E-state index contributed by atoms with van der Waals surface area (Å²) in [5.41, 5.74) is 8.74. The summed E-state index contributed by atoms with van der Waals surface area (Å²) in [6.07, 6.45) is 2.43. The van der Waals surface area contributed by atoms with Gasteiger partial charge in [0.15, 0.2) is 11.5 Å². The smallest absolute Gasteiger partial charge is 0.475 e. The lowest BCUT2D eigenvalue weighted by Gasteiger charge is -2.28. The van der Waals surface area contributed by atoms with E-state index in [9.17, 15) is 26.4 Å². The Labute approximate surface area is 250 Å². The lowest BCUT2D eigenvalue weighted by molar-refractivity contribution is -0.192. The second kappa shape index (κ2) is 13.2. The maximum absolute atomic E-state index is 13.2. The molecule has 13 nitrogen and oxygen atoms in total. The number of aromatic nitrogens is 3. The number of sulfonamides is 1. The van der Waals surface area contributed by atoms with E-state index in [1.807, 2.05) is 6.92 Å². The van der Waals surface area contributed by atoms with Crippen molar-refractivity contribution in [2.45, 2.75) is 74.7 Å². The first-order valence-electron chi connectivity index (χ1n) is 13.6. The topological polar surface area (TPSA) is 202 Å². The number of alkyl halides is 3. The summed E-state index contributed by atoms with van der Waals surface area (Å²) in [7, 11) is -3.84. The Bertz CT molecular complexity index is 1690. The normalized spacial score (nSPS) is 18.9. The Kier molecular flexibility index (Phi) is 9.76. The minimum absolute atomic E-state index is 0.104. The number of fused-ring (bicyclic) bond motifs is 1. The van der Waals surface area contributed by atoms with Crippen LogP contribution in [-0.4, -0.2) is 70.7 Å². The zero-order valence-corrected chi connectivity index (χ0v) is 24.3. The number of amides is 1. The molecule has 1 aromatic carbocycles. The van der Waals surface area contributed by atoms with E-state index in [-0.39, 0.29) is 47.1 Å². The van der Waals surface area contributed by atoms with Gasteiger partial charge in [-0.25, -0.2) is 27.9 Å². The minimum atomic E-state index is -5.08. The van der Waals surface area contributed by atoms with Crippen molar-refractivity contribution in [3.63, 3.8) is 0 Å². The number of carboxylic acid groups (broad SMARTS) is 1. The van der Waals surface area contributed by atoms with Crippen LogP contribution in [0.1, 0.15) is 54.6 Å². The molecule has 1 saturated carbocycles. The van der Waals surface area contributed by atoms with Crippen LogP contribution in [0.25, 0.3) is 16.9 Å². The first-order valence-corrected chi connectivity index (χ1v) is 15.0. The van der Waals surface area contributed by atoms with Crippen LogP contribution in [0.3, 0.4) is 0 Å². The Morgan fingerprint density at radius 1 is 1.23 bits per heavy atom. The van der Waals surface area contributed by atoms with Gasteiger partial charge in [-0.05, 0) is 56.7 Å². The van der Waals surface area contributed by atoms with Crippen molar-refractivity contribution in [1.29, 1.82) is 5.26 Å². The number of aliphatic carboxylic acids is 1. The molecule has 0 radical (unpaired) electrons. The van der Waals surface area contributed by atoms with Gasteiger partial charge in [0.05, 0.1) is 42.0 Å². The van der Waals surface area contributed by atoms with Gasteiger partial charge in [-0.2, -0.15) is 18.4 Å². The van der Waals surface area contributed by atoms with E-state index in [1.54, 1.807) is 35.0 Å². The van der Waals surface area contributed by atoms with Crippen molar-refractivity contribution >= 4 is 33.4 Å². The number of carboxylic acids is 1. The number of halogens is 3. The van der Waals surface area contributed by atoms with Crippen LogP contribution in [0.2, 0.25) is 0 Å². The molecule has 1 amide bonds. The number of nitriles is 1. The summed E-state index contributed by atoms with van der Waals surface area (Å²) >= 11 is 0. The number of nitrogens with one attached hydrogen (secondary N) is 2. The molecule has 2 aliphatic rings. The summed E-state index contributed by atoms with van der Waals surface area (Å²) in [4.78, 5) is 30.3. The molecular formula is C27H30F3N7O6S. The van der Waals surface area contributed by atoms with Crippen molar-refractivity contribution in [2.75, 3.05) is 12.3 Å². The molecule has 2 fully saturated rings. The van der Waals surface area contributed by atoms with Gasteiger partial charge in [0, 0.05) is 23.8 Å². The largest absolute Gasteiger partial charge is 0.490 e. The van der Waals surface area contributed by atoms with Crippen LogP contribution in [0.5, 0.6) is 0 Å². The lowest BCUT2D eigenvalue weighted by Crippen LogP contribution is -2.42. The quantitative estimate of drug-likeness (QED) is 0.298. The summed E-state index contributed by atoms with van der Waals surface area (Å²) in [6.45, 7) is 2.09. The van der Waals surface area contributed by atoms with E-state index >= 15 is 0 Å². The molecular weight excluding hydrogens is 607 g/mol. The third-order valence-corrected chi connectivity index (χ3v) is 8.76. The average molecular weight is 638 g/mol. The van der Waals surface area contributed by atoms with Crippen LogP contribution in [-0.2, 0) is 19.6 Å².